The molecule has 0 radical (unpaired) electrons. The Kier molecular flexibility index (Phi) is 13.2. The van der Waals surface area contributed by atoms with E-state index in [0.29, 0.717) is 40.2 Å². The van der Waals surface area contributed by atoms with Crippen LogP contribution in [0.5, 0.6) is 23.0 Å². The van der Waals surface area contributed by atoms with Gasteiger partial charge in [0.15, 0.2) is 10.7 Å². The number of hydrogen-bond acceptors (Lipinski definition) is 8. The number of unbranched alkanes of at least 4 members (excludes halogenated alkanes) is 9. The third-order valence-electron chi connectivity index (χ3n) is 9.46. The van der Waals surface area contributed by atoms with Gasteiger partial charge in [-0.05, 0) is 75.9 Å². The summed E-state index contributed by atoms with van der Waals surface area (Å²) in [6.07, 6.45) is 15.3. The molecule has 0 bridgehead atoms. The predicted octanol–water partition coefficient (Wildman–Crippen LogP) is 7.60. The Morgan fingerprint density at radius 2 is 1.41 bits per heavy atom. The van der Waals surface area contributed by atoms with Crippen LogP contribution in [-0.2, 0) is 10.3 Å². The number of esters is 1. The second-order valence-electron chi connectivity index (χ2n) is 13.1. The molecule has 0 saturated heterocycles. The predicted molar refractivity (Wildman–Crippen MR) is 199 cm³/mol. The Hall–Kier alpha value is -3.86. The van der Waals surface area contributed by atoms with Crippen molar-refractivity contribution in [2.45, 2.75) is 89.6 Å². The van der Waals surface area contributed by atoms with Crippen molar-refractivity contribution in [2.24, 2.45) is 5.73 Å². The van der Waals surface area contributed by atoms with E-state index >= 15 is 0 Å². The summed E-state index contributed by atoms with van der Waals surface area (Å²) in [4.78, 5) is 15.1. The SMILES string of the molecule is CCCCCCCCCCCCNCCCNCCCN(C(N)=S)c1cc(O)cc2c1C1(OC(=O)c3ccccc31)c1ccc(O)cc1O2. The van der Waals surface area contributed by atoms with Crippen LogP contribution in [0.4, 0.5) is 5.69 Å². The van der Waals surface area contributed by atoms with E-state index in [1.165, 1.54) is 82.4 Å². The number of nitrogens with one attached hydrogen (secondary N) is 2. The zero-order valence-electron chi connectivity index (χ0n) is 28.8. The van der Waals surface area contributed by atoms with Crippen molar-refractivity contribution in [1.29, 1.82) is 0 Å². The minimum Gasteiger partial charge on any atom is -0.508 e. The normalized spacial score (nSPS) is 15.7. The topological polar surface area (TPSA) is 129 Å². The standard InChI is InChI=1S/C39H52N4O5S/c1-2-3-4-5-6-7-8-9-10-13-20-41-21-14-22-42-23-15-24-43(38(40)49)33-25-29(45)27-35-36(33)39(32-19-18-28(44)26-34(32)47-35)31-17-12-11-16-30(31)37(46)48-39/h11-12,16-19,25-27,41-42,44-45H,2-10,13-15,20-24H2,1H3,(H2,40,49). The van der Waals surface area contributed by atoms with Crippen LogP contribution in [0.25, 0.3) is 0 Å². The number of fused-ring (bicyclic) bond motifs is 6. The molecule has 49 heavy (non-hydrogen) atoms. The third-order valence-corrected chi connectivity index (χ3v) is 9.68. The molecule has 1 atom stereocenters. The maximum absolute atomic E-state index is 13.3. The Bertz CT molecular complexity index is 1580. The molecule has 2 aliphatic heterocycles. The number of ether oxygens (including phenoxy) is 2. The van der Waals surface area contributed by atoms with E-state index in [4.69, 9.17) is 27.4 Å². The monoisotopic (exact) mass is 688 g/mol. The summed E-state index contributed by atoms with van der Waals surface area (Å²) in [7, 11) is 0. The van der Waals surface area contributed by atoms with Crippen LogP contribution in [0, 0.1) is 0 Å². The first kappa shape index (κ1) is 36.4. The average molecular weight is 689 g/mol. The lowest BCUT2D eigenvalue weighted by Crippen LogP contribution is -2.41. The van der Waals surface area contributed by atoms with Gasteiger partial charge in [0.1, 0.15) is 23.0 Å². The number of nitrogens with zero attached hydrogens (tertiary/aromatic N) is 1. The zero-order valence-corrected chi connectivity index (χ0v) is 29.6. The molecule has 0 amide bonds. The fourth-order valence-corrected chi connectivity index (χ4v) is 7.20. The molecule has 0 fully saturated rings. The number of hydrogen-bond donors (Lipinski definition) is 5. The van der Waals surface area contributed by atoms with Gasteiger partial charge in [-0.25, -0.2) is 4.79 Å². The van der Waals surface area contributed by atoms with Gasteiger partial charge in [0.2, 0.25) is 0 Å². The van der Waals surface area contributed by atoms with Crippen molar-refractivity contribution in [3.05, 3.63) is 76.9 Å². The first-order valence-electron chi connectivity index (χ1n) is 18.1. The van der Waals surface area contributed by atoms with Crippen molar-refractivity contribution in [3.8, 4) is 23.0 Å². The van der Waals surface area contributed by atoms with E-state index in [9.17, 15) is 15.0 Å². The second kappa shape index (κ2) is 17.7. The molecule has 3 aromatic carbocycles. The smallest absolute Gasteiger partial charge is 0.340 e. The molecule has 0 aliphatic carbocycles. The third kappa shape index (κ3) is 8.66. The molecule has 6 N–H and O–H groups in total. The van der Waals surface area contributed by atoms with E-state index in [2.05, 4.69) is 17.6 Å². The molecule has 264 valence electrons. The molecule has 9 nitrogen and oxygen atoms in total. The number of carbonyl (C=O) groups is 1. The van der Waals surface area contributed by atoms with Crippen molar-refractivity contribution in [1.82, 2.24) is 10.6 Å². The lowest BCUT2D eigenvalue weighted by Gasteiger charge is -2.39. The minimum absolute atomic E-state index is 0.00235. The zero-order chi connectivity index (χ0) is 34.6. The summed E-state index contributed by atoms with van der Waals surface area (Å²) in [5, 5.41) is 28.3. The van der Waals surface area contributed by atoms with Crippen molar-refractivity contribution in [3.63, 3.8) is 0 Å². The summed E-state index contributed by atoms with van der Waals surface area (Å²) in [5.41, 5.74) is 7.52. The first-order chi connectivity index (χ1) is 23.9. The van der Waals surface area contributed by atoms with Crippen LogP contribution >= 0.6 is 12.2 Å². The highest BCUT2D eigenvalue weighted by molar-refractivity contribution is 7.80. The van der Waals surface area contributed by atoms with Gasteiger partial charge in [0.25, 0.3) is 0 Å². The number of phenolic OH excluding ortho intramolecular Hbond substituents is 2. The van der Waals surface area contributed by atoms with Gasteiger partial charge in [-0.15, -0.1) is 0 Å². The highest BCUT2D eigenvalue weighted by Crippen LogP contribution is 2.59. The van der Waals surface area contributed by atoms with Crippen molar-refractivity contribution < 1.29 is 24.5 Å². The molecule has 1 unspecified atom stereocenters. The summed E-state index contributed by atoms with van der Waals surface area (Å²) < 4.78 is 12.5. The fourth-order valence-electron chi connectivity index (χ4n) is 7.01. The Morgan fingerprint density at radius 1 is 0.776 bits per heavy atom. The lowest BCUT2D eigenvalue weighted by molar-refractivity contribution is 0.0226. The van der Waals surface area contributed by atoms with Crippen LogP contribution in [0.1, 0.15) is 111 Å². The maximum atomic E-state index is 13.3. The molecular formula is C39H52N4O5S. The van der Waals surface area contributed by atoms with Crippen LogP contribution in [0.2, 0.25) is 0 Å². The minimum atomic E-state index is -1.41. The molecule has 10 heteroatoms. The Morgan fingerprint density at radius 3 is 2.12 bits per heavy atom. The fraction of sp³-hybridized carbons (Fsp3) is 0.487. The van der Waals surface area contributed by atoms with Crippen LogP contribution in [-0.4, -0.2) is 54.0 Å². The number of thiocarbonyl (C=S) groups is 1. The highest BCUT2D eigenvalue weighted by Gasteiger charge is 2.55. The summed E-state index contributed by atoms with van der Waals surface area (Å²) in [6.45, 7) is 6.43. The highest BCUT2D eigenvalue weighted by atomic mass is 32.1. The molecular weight excluding hydrogens is 637 g/mol. The molecule has 2 heterocycles. The van der Waals surface area contributed by atoms with Crippen molar-refractivity contribution >= 4 is 29.0 Å². The Labute approximate surface area is 296 Å². The number of phenols is 2. The second-order valence-corrected chi connectivity index (χ2v) is 13.5. The van der Waals surface area contributed by atoms with Gasteiger partial charge in [0, 0.05) is 35.9 Å². The molecule has 2 aliphatic rings. The van der Waals surface area contributed by atoms with E-state index in [-0.39, 0.29) is 22.4 Å². The number of benzene rings is 3. The Balaban J connectivity index is 1.15. The van der Waals surface area contributed by atoms with Gasteiger partial charge in [-0.1, -0.05) is 82.9 Å². The maximum Gasteiger partial charge on any atom is 0.340 e. The molecule has 3 aromatic rings. The van der Waals surface area contributed by atoms with E-state index in [1.54, 1.807) is 29.2 Å². The number of rotatable bonds is 20. The number of nitrogens with two attached hydrogens (primary N) is 1. The molecule has 5 rings (SSSR count). The van der Waals surface area contributed by atoms with Gasteiger partial charge in [0.05, 0.1) is 16.8 Å². The quantitative estimate of drug-likeness (QED) is 0.0460. The number of aromatic hydroxyl groups is 2. The molecule has 0 saturated carbocycles. The summed E-state index contributed by atoms with van der Waals surface area (Å²) in [5.74, 6) is 0.0534. The summed E-state index contributed by atoms with van der Waals surface area (Å²) in [6, 6.07) is 15.0. The van der Waals surface area contributed by atoms with Gasteiger partial charge in [-0.3, -0.25) is 0 Å². The average Bonchev–Trinajstić information content (AvgIpc) is 3.37. The largest absolute Gasteiger partial charge is 0.508 e. The molecule has 1 spiro atoms. The van der Waals surface area contributed by atoms with Gasteiger partial charge in [-0.2, -0.15) is 0 Å². The van der Waals surface area contributed by atoms with E-state index in [0.717, 1.165) is 39.0 Å². The number of carbonyl (C=O) groups excluding carboxylic acids is 1. The van der Waals surface area contributed by atoms with Crippen molar-refractivity contribution in [2.75, 3.05) is 37.6 Å². The van der Waals surface area contributed by atoms with Crippen LogP contribution in [0.15, 0.2) is 54.6 Å². The summed E-state index contributed by atoms with van der Waals surface area (Å²) >= 11 is 5.54. The van der Waals surface area contributed by atoms with E-state index < -0.39 is 11.6 Å². The lowest BCUT2D eigenvalue weighted by atomic mass is 9.76. The van der Waals surface area contributed by atoms with E-state index in [1.807, 2.05) is 12.1 Å². The van der Waals surface area contributed by atoms with Crippen LogP contribution < -0.4 is 26.0 Å². The van der Waals surface area contributed by atoms with Gasteiger partial charge >= 0.3 is 5.97 Å². The van der Waals surface area contributed by atoms with Crippen LogP contribution in [0.3, 0.4) is 0 Å². The molecule has 0 aromatic heterocycles. The van der Waals surface area contributed by atoms with Gasteiger partial charge < -0.3 is 41.0 Å². The number of anilines is 1. The first-order valence-corrected chi connectivity index (χ1v) is 18.5.